The molecule has 0 atom stereocenters. The summed E-state index contributed by atoms with van der Waals surface area (Å²) in [6.45, 7) is 2.08. The highest BCUT2D eigenvalue weighted by Gasteiger charge is 2.10. The molecule has 0 aliphatic heterocycles. The number of hydrogen-bond donors (Lipinski definition) is 1. The molecule has 96 valence electrons. The van der Waals surface area contributed by atoms with E-state index in [-0.39, 0.29) is 0 Å². The van der Waals surface area contributed by atoms with Crippen molar-refractivity contribution in [1.82, 2.24) is 4.98 Å². The molecule has 3 nitrogen and oxygen atoms in total. The van der Waals surface area contributed by atoms with E-state index >= 15 is 0 Å². The minimum atomic E-state index is 0.690. The number of rotatable bonds is 2. The summed E-state index contributed by atoms with van der Waals surface area (Å²) in [7, 11) is 1.63. The molecule has 0 saturated carbocycles. The Morgan fingerprint density at radius 3 is 2.74 bits per heavy atom. The van der Waals surface area contributed by atoms with Gasteiger partial charge in [-0.3, -0.25) is 0 Å². The highest BCUT2D eigenvalue weighted by Crippen LogP contribution is 2.35. The Bertz CT molecular complexity index is 749. The Morgan fingerprint density at radius 2 is 2.00 bits per heavy atom. The largest absolute Gasteiger partial charge is 0.497 e. The van der Waals surface area contributed by atoms with E-state index in [1.807, 2.05) is 24.3 Å². The van der Waals surface area contributed by atoms with Crippen LogP contribution in [0.3, 0.4) is 0 Å². The van der Waals surface area contributed by atoms with E-state index in [1.54, 1.807) is 18.4 Å². The zero-order valence-corrected chi connectivity index (χ0v) is 11.6. The zero-order valence-electron chi connectivity index (χ0n) is 10.8. The summed E-state index contributed by atoms with van der Waals surface area (Å²) in [5, 5.41) is 0.945. The van der Waals surface area contributed by atoms with Gasteiger partial charge in [0.15, 0.2) is 0 Å². The fourth-order valence-corrected chi connectivity index (χ4v) is 3.12. The summed E-state index contributed by atoms with van der Waals surface area (Å²) in [6.07, 6.45) is 0. The molecular formula is C15H14N2OS. The van der Waals surface area contributed by atoms with Gasteiger partial charge in [0.1, 0.15) is 10.8 Å². The van der Waals surface area contributed by atoms with Gasteiger partial charge >= 0.3 is 0 Å². The van der Waals surface area contributed by atoms with Gasteiger partial charge in [0.2, 0.25) is 0 Å². The minimum Gasteiger partial charge on any atom is -0.497 e. The Morgan fingerprint density at radius 1 is 1.16 bits per heavy atom. The highest BCUT2D eigenvalue weighted by molar-refractivity contribution is 7.21. The quantitative estimate of drug-likeness (QED) is 0.719. The van der Waals surface area contributed by atoms with E-state index in [9.17, 15) is 0 Å². The molecule has 3 rings (SSSR count). The first kappa shape index (κ1) is 12.0. The maximum atomic E-state index is 6.07. The maximum Gasteiger partial charge on any atom is 0.126 e. The molecule has 0 bridgehead atoms. The van der Waals surface area contributed by atoms with E-state index in [2.05, 4.69) is 24.0 Å². The summed E-state index contributed by atoms with van der Waals surface area (Å²) >= 11 is 1.66. The molecule has 2 aromatic carbocycles. The third-order valence-electron chi connectivity index (χ3n) is 3.03. The first-order chi connectivity index (χ1) is 9.17. The van der Waals surface area contributed by atoms with Crippen LogP contribution in [0.5, 0.6) is 5.75 Å². The third-order valence-corrected chi connectivity index (χ3v) is 4.08. The number of aromatic nitrogens is 1. The first-order valence-electron chi connectivity index (χ1n) is 5.98. The van der Waals surface area contributed by atoms with Crippen molar-refractivity contribution in [3.8, 4) is 16.3 Å². The number of ether oxygens (including phenoxy) is 1. The van der Waals surface area contributed by atoms with Crippen molar-refractivity contribution in [2.45, 2.75) is 6.92 Å². The zero-order chi connectivity index (χ0) is 13.4. The number of nitrogen functional groups attached to an aromatic ring is 1. The summed E-state index contributed by atoms with van der Waals surface area (Å²) in [5.74, 6) is 0.762. The topological polar surface area (TPSA) is 48.1 Å². The SMILES string of the molecule is COc1ccc(-c2nc3ccc(C)cc3s2)c(N)c1. The van der Waals surface area contributed by atoms with Crippen LogP contribution in [0, 0.1) is 6.92 Å². The van der Waals surface area contributed by atoms with Gasteiger partial charge in [-0.1, -0.05) is 6.07 Å². The van der Waals surface area contributed by atoms with Crippen molar-refractivity contribution >= 4 is 27.2 Å². The second-order valence-corrected chi connectivity index (χ2v) is 5.47. The normalized spacial score (nSPS) is 10.8. The van der Waals surface area contributed by atoms with Crippen LogP contribution in [-0.2, 0) is 0 Å². The van der Waals surface area contributed by atoms with Gasteiger partial charge in [-0.2, -0.15) is 0 Å². The van der Waals surface area contributed by atoms with Gasteiger partial charge < -0.3 is 10.5 Å². The summed E-state index contributed by atoms with van der Waals surface area (Å²) in [5.41, 5.74) is 9.97. The molecule has 0 fully saturated rings. The van der Waals surface area contributed by atoms with Crippen LogP contribution >= 0.6 is 11.3 Å². The van der Waals surface area contributed by atoms with Gasteiger partial charge in [-0.15, -0.1) is 11.3 Å². The maximum absolute atomic E-state index is 6.07. The van der Waals surface area contributed by atoms with E-state index in [0.717, 1.165) is 21.8 Å². The molecule has 0 radical (unpaired) electrons. The lowest BCUT2D eigenvalue weighted by Crippen LogP contribution is -1.91. The van der Waals surface area contributed by atoms with Crippen LogP contribution in [0.4, 0.5) is 5.69 Å². The molecule has 3 aromatic rings. The van der Waals surface area contributed by atoms with Crippen molar-refractivity contribution in [2.24, 2.45) is 0 Å². The molecule has 0 saturated heterocycles. The third kappa shape index (κ3) is 2.15. The van der Waals surface area contributed by atoms with Crippen molar-refractivity contribution < 1.29 is 4.74 Å². The number of benzene rings is 2. The molecule has 1 aromatic heterocycles. The lowest BCUT2D eigenvalue weighted by Gasteiger charge is -2.04. The molecule has 0 unspecified atom stereocenters. The second-order valence-electron chi connectivity index (χ2n) is 4.44. The Hall–Kier alpha value is -2.07. The molecule has 0 aliphatic carbocycles. The van der Waals surface area contributed by atoms with Crippen LogP contribution < -0.4 is 10.5 Å². The van der Waals surface area contributed by atoms with E-state index in [4.69, 9.17) is 10.5 Å². The Kier molecular flexibility index (Phi) is 2.87. The standard InChI is InChI=1S/C15H14N2OS/c1-9-3-6-13-14(7-9)19-15(17-13)11-5-4-10(18-2)8-12(11)16/h3-8H,16H2,1-2H3. The average Bonchev–Trinajstić information content (AvgIpc) is 2.81. The monoisotopic (exact) mass is 270 g/mol. The van der Waals surface area contributed by atoms with Crippen molar-refractivity contribution in [3.05, 3.63) is 42.0 Å². The van der Waals surface area contributed by atoms with Crippen LogP contribution in [0.25, 0.3) is 20.8 Å². The number of thiazole rings is 1. The summed E-state index contributed by atoms with van der Waals surface area (Å²) in [6, 6.07) is 12.0. The van der Waals surface area contributed by atoms with Gasteiger partial charge in [0.05, 0.1) is 17.3 Å². The van der Waals surface area contributed by atoms with Crippen LogP contribution in [0.2, 0.25) is 0 Å². The second kappa shape index (κ2) is 4.55. The lowest BCUT2D eigenvalue weighted by atomic mass is 10.2. The number of nitrogens with zero attached hydrogens (tertiary/aromatic N) is 1. The number of methoxy groups -OCH3 is 1. The number of aryl methyl sites for hydroxylation is 1. The summed E-state index contributed by atoms with van der Waals surface area (Å²) in [4.78, 5) is 4.64. The highest BCUT2D eigenvalue weighted by atomic mass is 32.1. The molecule has 19 heavy (non-hydrogen) atoms. The van der Waals surface area contributed by atoms with Crippen LogP contribution in [0.15, 0.2) is 36.4 Å². The van der Waals surface area contributed by atoms with E-state index < -0.39 is 0 Å². The van der Waals surface area contributed by atoms with E-state index in [0.29, 0.717) is 5.69 Å². The predicted octanol–water partition coefficient (Wildman–Crippen LogP) is 3.86. The number of hydrogen-bond acceptors (Lipinski definition) is 4. The van der Waals surface area contributed by atoms with Gasteiger partial charge in [-0.25, -0.2) is 4.98 Å². The predicted molar refractivity (Wildman–Crippen MR) is 80.8 cm³/mol. The lowest BCUT2D eigenvalue weighted by molar-refractivity contribution is 0.415. The fraction of sp³-hybridized carbons (Fsp3) is 0.133. The average molecular weight is 270 g/mol. The van der Waals surface area contributed by atoms with Gasteiger partial charge in [-0.05, 0) is 36.8 Å². The molecule has 4 heteroatoms. The van der Waals surface area contributed by atoms with Gasteiger partial charge in [0.25, 0.3) is 0 Å². The number of nitrogens with two attached hydrogens (primary N) is 1. The van der Waals surface area contributed by atoms with Crippen molar-refractivity contribution in [1.29, 1.82) is 0 Å². The molecule has 0 amide bonds. The molecule has 0 spiro atoms. The minimum absolute atomic E-state index is 0.690. The first-order valence-corrected chi connectivity index (χ1v) is 6.80. The number of fused-ring (bicyclic) bond motifs is 1. The molecule has 2 N–H and O–H groups in total. The smallest absolute Gasteiger partial charge is 0.126 e. The van der Waals surface area contributed by atoms with Crippen LogP contribution in [-0.4, -0.2) is 12.1 Å². The van der Waals surface area contributed by atoms with E-state index in [1.165, 1.54) is 10.3 Å². The Labute approximate surface area is 115 Å². The number of anilines is 1. The molecular weight excluding hydrogens is 256 g/mol. The van der Waals surface area contributed by atoms with Crippen LogP contribution in [0.1, 0.15) is 5.56 Å². The van der Waals surface area contributed by atoms with Gasteiger partial charge in [0, 0.05) is 17.3 Å². The van der Waals surface area contributed by atoms with Crippen molar-refractivity contribution in [2.75, 3.05) is 12.8 Å². The molecule has 1 heterocycles. The fourth-order valence-electron chi connectivity index (χ4n) is 2.01. The summed E-state index contributed by atoms with van der Waals surface area (Å²) < 4.78 is 6.35. The Balaban J connectivity index is 2.13. The molecule has 0 aliphatic rings. The van der Waals surface area contributed by atoms with Crippen molar-refractivity contribution in [3.63, 3.8) is 0 Å².